The number of hydrogen-bond acceptors (Lipinski definition) is 8. The lowest BCUT2D eigenvalue weighted by Gasteiger charge is -2.18. The van der Waals surface area contributed by atoms with Crippen LogP contribution in [0.3, 0.4) is 0 Å². The number of nitrogens with one attached hydrogen (secondary N) is 1. The molecule has 0 aliphatic heterocycles. The second-order valence-corrected chi connectivity index (χ2v) is 7.58. The van der Waals surface area contributed by atoms with Gasteiger partial charge in [-0.2, -0.15) is 14.8 Å². The van der Waals surface area contributed by atoms with Crippen LogP contribution in [0.15, 0.2) is 65.9 Å². The van der Waals surface area contributed by atoms with Crippen LogP contribution in [0.5, 0.6) is 11.5 Å². The Balaban J connectivity index is 1.72. The highest BCUT2D eigenvalue weighted by atomic mass is 16.5. The molecule has 1 N–H and O–H groups in total. The number of ether oxygens (including phenoxy) is 2. The average Bonchev–Trinajstić information content (AvgIpc) is 3.28. The highest BCUT2D eigenvalue weighted by molar-refractivity contribution is 5.83. The summed E-state index contributed by atoms with van der Waals surface area (Å²) in [7, 11) is 5.05. The molecule has 0 aliphatic rings. The van der Waals surface area contributed by atoms with Crippen molar-refractivity contribution in [1.82, 2.24) is 19.6 Å². The molecule has 35 heavy (non-hydrogen) atoms. The Bertz CT molecular complexity index is 1470. The van der Waals surface area contributed by atoms with E-state index in [1.54, 1.807) is 20.6 Å². The fourth-order valence-corrected chi connectivity index (χ4v) is 3.49. The Morgan fingerprint density at radius 1 is 1.20 bits per heavy atom. The van der Waals surface area contributed by atoms with Crippen LogP contribution in [-0.2, 0) is 0 Å². The molecule has 0 spiro atoms. The summed E-state index contributed by atoms with van der Waals surface area (Å²) in [6.45, 7) is 5.60. The molecule has 0 aliphatic carbocycles. The lowest BCUT2D eigenvalue weighted by Crippen LogP contribution is -2.15. The van der Waals surface area contributed by atoms with Crippen molar-refractivity contribution in [3.63, 3.8) is 0 Å². The Morgan fingerprint density at radius 3 is 2.69 bits per heavy atom. The molecule has 10 nitrogen and oxygen atoms in total. The van der Waals surface area contributed by atoms with Crippen LogP contribution in [0.25, 0.3) is 17.0 Å². The Hall–Kier alpha value is -4.91. The third kappa shape index (κ3) is 4.74. The predicted octanol–water partition coefficient (Wildman–Crippen LogP) is 4.42. The number of nitriles is 1. The summed E-state index contributed by atoms with van der Waals surface area (Å²) < 4.78 is 12.6. The second kappa shape index (κ2) is 9.93. The summed E-state index contributed by atoms with van der Waals surface area (Å²) in [6, 6.07) is 15.2. The first kappa shape index (κ1) is 23.3. The van der Waals surface area contributed by atoms with E-state index in [1.165, 1.54) is 10.7 Å². The van der Waals surface area contributed by atoms with Gasteiger partial charge in [-0.3, -0.25) is 0 Å². The van der Waals surface area contributed by atoms with Crippen molar-refractivity contribution < 1.29 is 9.47 Å². The molecule has 176 valence electrons. The van der Waals surface area contributed by atoms with Gasteiger partial charge in [-0.1, -0.05) is 18.7 Å². The van der Waals surface area contributed by atoms with Crippen LogP contribution in [0.4, 0.5) is 17.3 Å². The molecule has 0 amide bonds. The van der Waals surface area contributed by atoms with Gasteiger partial charge >= 0.3 is 0 Å². The van der Waals surface area contributed by atoms with Crippen LogP contribution in [0, 0.1) is 11.3 Å². The second-order valence-electron chi connectivity index (χ2n) is 7.58. The van der Waals surface area contributed by atoms with Gasteiger partial charge in [0.2, 0.25) is 5.95 Å². The normalized spacial score (nSPS) is 10.8. The van der Waals surface area contributed by atoms with Crippen LogP contribution in [-0.4, -0.2) is 47.2 Å². The number of aromatic nitrogens is 4. The average molecular weight is 469 g/mol. The largest absolute Gasteiger partial charge is 0.496 e. The smallest absolute Gasteiger partial charge is 0.254 e. The summed E-state index contributed by atoms with van der Waals surface area (Å²) in [4.78, 5) is 14.8. The van der Waals surface area contributed by atoms with Crippen LogP contribution in [0.1, 0.15) is 12.5 Å². The molecule has 4 rings (SSSR count). The maximum atomic E-state index is 9.70. The first-order chi connectivity index (χ1) is 16.9. The summed E-state index contributed by atoms with van der Waals surface area (Å²) in [5.41, 5.74) is 3.84. The third-order valence-corrected chi connectivity index (χ3v) is 5.12. The van der Waals surface area contributed by atoms with E-state index in [9.17, 15) is 5.26 Å². The number of fused-ring (bicyclic) bond motifs is 1. The van der Waals surface area contributed by atoms with E-state index < -0.39 is 0 Å². The summed E-state index contributed by atoms with van der Waals surface area (Å²) in [6.07, 6.45) is 3.16. The lowest BCUT2D eigenvalue weighted by molar-refractivity contribution is 0.416. The topological polar surface area (TPSA) is 113 Å². The maximum absolute atomic E-state index is 9.70. The van der Waals surface area contributed by atoms with Gasteiger partial charge in [0.1, 0.15) is 17.6 Å². The third-order valence-electron chi connectivity index (χ3n) is 5.12. The zero-order valence-electron chi connectivity index (χ0n) is 19.9. The van der Waals surface area contributed by atoms with E-state index in [0.717, 1.165) is 5.69 Å². The molecule has 10 heteroatoms. The number of nitrogens with zero attached hydrogens (tertiary/aromatic N) is 7. The minimum atomic E-state index is 0.316. The van der Waals surface area contributed by atoms with Crippen LogP contribution >= 0.6 is 0 Å². The molecular weight excluding hydrogens is 444 g/mol. The maximum Gasteiger partial charge on any atom is 0.254 e. The van der Waals surface area contributed by atoms with Crippen molar-refractivity contribution in [1.29, 1.82) is 5.26 Å². The van der Waals surface area contributed by atoms with E-state index >= 15 is 0 Å². The first-order valence-corrected chi connectivity index (χ1v) is 10.6. The van der Waals surface area contributed by atoms with Crippen molar-refractivity contribution in [2.75, 3.05) is 31.5 Å². The van der Waals surface area contributed by atoms with Crippen LogP contribution in [0.2, 0.25) is 0 Å². The Labute approximate surface area is 202 Å². The van der Waals surface area contributed by atoms with E-state index in [1.807, 2.05) is 61.3 Å². The van der Waals surface area contributed by atoms with E-state index in [4.69, 9.17) is 9.47 Å². The van der Waals surface area contributed by atoms with E-state index in [2.05, 4.69) is 38.0 Å². The van der Waals surface area contributed by atoms with Gasteiger partial charge < -0.3 is 19.7 Å². The standard InChI is InChI=1S/C25H24N8O2/c1-16(2)28-15-32(3)20-11-10-18(12-22(20)35-5)29-24-30-25-27-14-17(13-26)23(33(25)31-24)19-8-6-7-9-21(19)34-4/h6-12,14-15H,1H2,2-5H3,(H,29,31). The lowest BCUT2D eigenvalue weighted by atomic mass is 10.1. The number of allylic oxidation sites excluding steroid dienone is 1. The molecule has 0 saturated carbocycles. The number of anilines is 3. The van der Waals surface area contributed by atoms with Crippen molar-refractivity contribution in [3.05, 3.63) is 66.5 Å². The van der Waals surface area contributed by atoms with Crippen LogP contribution < -0.4 is 19.7 Å². The van der Waals surface area contributed by atoms with Gasteiger partial charge in [-0.15, -0.1) is 5.10 Å². The first-order valence-electron chi connectivity index (χ1n) is 10.6. The molecule has 0 saturated heterocycles. The molecular formula is C25H24N8O2. The van der Waals surface area contributed by atoms with Gasteiger partial charge in [0.05, 0.1) is 43.7 Å². The van der Waals surface area contributed by atoms with Gasteiger partial charge in [0.15, 0.2) is 0 Å². The number of para-hydroxylation sites is 1. The monoisotopic (exact) mass is 468 g/mol. The SMILES string of the molecule is C=C(C)N=CN(C)c1ccc(Nc2nc3ncc(C#N)c(-c4ccccc4OC)n3n2)cc1OC. The Kier molecular flexibility index (Phi) is 6.59. The van der Waals surface area contributed by atoms with E-state index in [-0.39, 0.29) is 0 Å². The zero-order valence-corrected chi connectivity index (χ0v) is 19.9. The molecule has 0 radical (unpaired) electrons. The molecule has 0 fully saturated rings. The quantitative estimate of drug-likeness (QED) is 0.299. The molecule has 0 bridgehead atoms. The summed E-state index contributed by atoms with van der Waals surface area (Å²) in [5, 5.41) is 17.5. The van der Waals surface area contributed by atoms with Crippen molar-refractivity contribution in [2.45, 2.75) is 6.92 Å². The molecule has 2 aromatic carbocycles. The zero-order chi connectivity index (χ0) is 24.9. The van der Waals surface area contributed by atoms with Gasteiger partial charge in [-0.25, -0.2) is 9.98 Å². The van der Waals surface area contributed by atoms with Gasteiger partial charge in [0, 0.05) is 30.1 Å². The highest BCUT2D eigenvalue weighted by Crippen LogP contribution is 2.33. The molecule has 0 atom stereocenters. The fourth-order valence-electron chi connectivity index (χ4n) is 3.49. The van der Waals surface area contributed by atoms with Gasteiger partial charge in [-0.05, 0) is 31.2 Å². The highest BCUT2D eigenvalue weighted by Gasteiger charge is 2.18. The van der Waals surface area contributed by atoms with Crippen molar-refractivity contribution in [2.24, 2.45) is 4.99 Å². The summed E-state index contributed by atoms with van der Waals surface area (Å²) in [5.74, 6) is 1.90. The van der Waals surface area contributed by atoms with Crippen molar-refractivity contribution >= 4 is 29.4 Å². The molecule has 4 aromatic rings. The number of methoxy groups -OCH3 is 2. The number of aliphatic imine (C=N–C) groups is 1. The Morgan fingerprint density at radius 2 is 1.97 bits per heavy atom. The minimum Gasteiger partial charge on any atom is -0.496 e. The minimum absolute atomic E-state index is 0.316. The number of benzene rings is 2. The fraction of sp³-hybridized carbons (Fsp3) is 0.160. The van der Waals surface area contributed by atoms with Crippen molar-refractivity contribution in [3.8, 4) is 28.8 Å². The molecule has 2 aromatic heterocycles. The molecule has 0 unspecified atom stereocenters. The van der Waals surface area contributed by atoms with E-state index in [0.29, 0.717) is 51.4 Å². The summed E-state index contributed by atoms with van der Waals surface area (Å²) >= 11 is 0. The predicted molar refractivity (Wildman–Crippen MR) is 135 cm³/mol. The molecule has 2 heterocycles. The number of rotatable bonds is 8. The van der Waals surface area contributed by atoms with Gasteiger partial charge in [0.25, 0.3) is 5.78 Å². The number of hydrogen-bond donors (Lipinski definition) is 1.